The summed E-state index contributed by atoms with van der Waals surface area (Å²) in [5.74, 6) is 0.646. The van der Waals surface area contributed by atoms with Gasteiger partial charge in [-0.25, -0.2) is 9.97 Å². The van der Waals surface area contributed by atoms with Crippen molar-refractivity contribution in [3.05, 3.63) is 18.1 Å². The maximum atomic E-state index is 10.3. The van der Waals surface area contributed by atoms with E-state index >= 15 is 0 Å². The summed E-state index contributed by atoms with van der Waals surface area (Å²) in [7, 11) is 0. The van der Waals surface area contributed by atoms with Crippen molar-refractivity contribution in [3.63, 3.8) is 0 Å². The molecule has 1 aromatic rings. The van der Waals surface area contributed by atoms with Crippen LogP contribution in [0.3, 0.4) is 0 Å². The van der Waals surface area contributed by atoms with Gasteiger partial charge >= 0.3 is 5.97 Å². The zero-order chi connectivity index (χ0) is 11.4. The number of rotatable bonds is 6. The molecular formula is C11H15N3O2. The summed E-state index contributed by atoms with van der Waals surface area (Å²) >= 11 is 0. The van der Waals surface area contributed by atoms with Gasteiger partial charge in [-0.15, -0.1) is 0 Å². The van der Waals surface area contributed by atoms with Gasteiger partial charge in [0.1, 0.15) is 12.1 Å². The van der Waals surface area contributed by atoms with Crippen molar-refractivity contribution < 1.29 is 9.90 Å². The van der Waals surface area contributed by atoms with Gasteiger partial charge < -0.3 is 10.4 Å². The van der Waals surface area contributed by atoms with Crippen LogP contribution < -0.4 is 5.32 Å². The predicted octanol–water partition coefficient (Wildman–Crippen LogP) is 1.63. The van der Waals surface area contributed by atoms with Gasteiger partial charge in [0.2, 0.25) is 0 Å². The number of hydrogen-bond donors (Lipinski definition) is 2. The zero-order valence-corrected chi connectivity index (χ0v) is 9.02. The number of aromatic nitrogens is 2. The Morgan fingerprint density at radius 1 is 1.50 bits per heavy atom. The minimum atomic E-state index is -0.761. The Hall–Kier alpha value is -1.65. The van der Waals surface area contributed by atoms with E-state index in [4.69, 9.17) is 5.11 Å². The molecule has 2 rings (SSSR count). The number of nitrogens with zero attached hydrogens (tertiary/aromatic N) is 2. The molecule has 1 aliphatic carbocycles. The fourth-order valence-electron chi connectivity index (χ4n) is 1.53. The second kappa shape index (κ2) is 4.92. The lowest BCUT2D eigenvalue weighted by Crippen LogP contribution is -2.06. The largest absolute Gasteiger partial charge is 0.481 e. The Bertz CT molecular complexity index is 377. The summed E-state index contributed by atoms with van der Waals surface area (Å²) in [4.78, 5) is 18.6. The second-order valence-electron chi connectivity index (χ2n) is 4.03. The Balaban J connectivity index is 1.79. The molecule has 1 heterocycles. The molecule has 0 spiro atoms. The first-order valence-corrected chi connectivity index (χ1v) is 5.53. The molecule has 1 aliphatic rings. The van der Waals surface area contributed by atoms with Crippen LogP contribution in [0.5, 0.6) is 0 Å². The summed E-state index contributed by atoms with van der Waals surface area (Å²) in [5, 5.41) is 11.6. The fourth-order valence-corrected chi connectivity index (χ4v) is 1.53. The van der Waals surface area contributed by atoms with Gasteiger partial charge in [-0.2, -0.15) is 0 Å². The molecule has 1 fully saturated rings. The molecule has 0 saturated heterocycles. The third-order valence-electron chi connectivity index (χ3n) is 2.56. The number of nitrogens with one attached hydrogen (secondary N) is 1. The van der Waals surface area contributed by atoms with Crippen LogP contribution in [0.2, 0.25) is 0 Å². The third-order valence-corrected chi connectivity index (χ3v) is 2.56. The van der Waals surface area contributed by atoms with Crippen molar-refractivity contribution >= 4 is 11.8 Å². The van der Waals surface area contributed by atoms with Gasteiger partial charge in [0, 0.05) is 30.6 Å². The molecule has 5 heteroatoms. The highest BCUT2D eigenvalue weighted by Gasteiger charge is 2.25. The van der Waals surface area contributed by atoms with Crippen molar-refractivity contribution in [1.82, 2.24) is 9.97 Å². The van der Waals surface area contributed by atoms with Crippen molar-refractivity contribution in [1.29, 1.82) is 0 Å². The predicted molar refractivity (Wildman–Crippen MR) is 59.4 cm³/mol. The van der Waals surface area contributed by atoms with Crippen LogP contribution in [0.1, 0.15) is 37.3 Å². The summed E-state index contributed by atoms with van der Waals surface area (Å²) in [6.07, 6.45) is 4.80. The van der Waals surface area contributed by atoms with E-state index in [9.17, 15) is 4.79 Å². The van der Waals surface area contributed by atoms with E-state index in [2.05, 4.69) is 15.3 Å². The van der Waals surface area contributed by atoms with E-state index in [1.807, 2.05) is 6.07 Å². The van der Waals surface area contributed by atoms with Crippen LogP contribution in [0, 0.1) is 0 Å². The van der Waals surface area contributed by atoms with Crippen LogP contribution in [-0.4, -0.2) is 27.6 Å². The molecular weight excluding hydrogens is 206 g/mol. The van der Waals surface area contributed by atoms with Crippen LogP contribution in [-0.2, 0) is 4.79 Å². The van der Waals surface area contributed by atoms with Crippen molar-refractivity contribution in [2.45, 2.75) is 31.6 Å². The van der Waals surface area contributed by atoms with Crippen LogP contribution in [0.25, 0.3) is 0 Å². The third kappa shape index (κ3) is 3.18. The van der Waals surface area contributed by atoms with E-state index in [1.165, 1.54) is 12.8 Å². The monoisotopic (exact) mass is 221 g/mol. The van der Waals surface area contributed by atoms with Gasteiger partial charge in [0.25, 0.3) is 0 Å². The minimum absolute atomic E-state index is 0.188. The van der Waals surface area contributed by atoms with E-state index in [1.54, 1.807) is 6.33 Å². The average molecular weight is 221 g/mol. The summed E-state index contributed by atoms with van der Waals surface area (Å²) < 4.78 is 0. The Kier molecular flexibility index (Phi) is 3.34. The minimum Gasteiger partial charge on any atom is -0.481 e. The molecule has 0 atom stereocenters. The number of carboxylic acids is 1. The van der Waals surface area contributed by atoms with Crippen molar-refractivity contribution in [3.8, 4) is 0 Å². The molecule has 5 nitrogen and oxygen atoms in total. The Labute approximate surface area is 93.9 Å². The van der Waals surface area contributed by atoms with Gasteiger partial charge in [-0.05, 0) is 19.3 Å². The van der Waals surface area contributed by atoms with E-state index in [-0.39, 0.29) is 6.42 Å². The molecule has 0 aromatic carbocycles. The first-order chi connectivity index (χ1) is 7.75. The van der Waals surface area contributed by atoms with Crippen molar-refractivity contribution in [2.75, 3.05) is 11.9 Å². The van der Waals surface area contributed by atoms with Gasteiger partial charge in [0.15, 0.2) is 0 Å². The highest BCUT2D eigenvalue weighted by Crippen LogP contribution is 2.39. The lowest BCUT2D eigenvalue weighted by atomic mass is 10.2. The van der Waals surface area contributed by atoms with Crippen LogP contribution in [0.4, 0.5) is 5.82 Å². The zero-order valence-electron chi connectivity index (χ0n) is 9.02. The summed E-state index contributed by atoms with van der Waals surface area (Å²) in [5.41, 5.74) is 1.09. The molecule has 2 N–H and O–H groups in total. The van der Waals surface area contributed by atoms with Crippen LogP contribution >= 0.6 is 0 Å². The van der Waals surface area contributed by atoms with Gasteiger partial charge in [-0.1, -0.05) is 0 Å². The molecule has 0 aliphatic heterocycles. The molecule has 0 unspecified atom stereocenters. The molecule has 0 amide bonds. The highest BCUT2D eigenvalue weighted by molar-refractivity contribution is 5.66. The Morgan fingerprint density at radius 2 is 2.31 bits per heavy atom. The molecule has 1 saturated carbocycles. The van der Waals surface area contributed by atoms with E-state index in [0.717, 1.165) is 11.5 Å². The fraction of sp³-hybridized carbons (Fsp3) is 0.545. The number of aliphatic carboxylic acids is 1. The second-order valence-corrected chi connectivity index (χ2v) is 4.03. The maximum absolute atomic E-state index is 10.3. The number of anilines is 1. The normalized spacial score (nSPS) is 14.8. The first-order valence-electron chi connectivity index (χ1n) is 5.53. The van der Waals surface area contributed by atoms with Crippen LogP contribution in [0.15, 0.2) is 12.4 Å². The standard InChI is InChI=1S/C11H15N3O2/c15-11(16)2-1-5-12-10-6-9(8-3-4-8)13-7-14-10/h6-8H,1-5H2,(H,15,16)(H,12,13,14). The highest BCUT2D eigenvalue weighted by atomic mass is 16.4. The van der Waals surface area contributed by atoms with Crippen molar-refractivity contribution in [2.24, 2.45) is 0 Å². The Morgan fingerprint density at radius 3 is 3.00 bits per heavy atom. The number of carbonyl (C=O) groups is 1. The summed E-state index contributed by atoms with van der Waals surface area (Å²) in [6.45, 7) is 0.632. The smallest absolute Gasteiger partial charge is 0.303 e. The summed E-state index contributed by atoms with van der Waals surface area (Å²) in [6, 6.07) is 1.96. The van der Waals surface area contributed by atoms with E-state index < -0.39 is 5.97 Å². The molecule has 0 bridgehead atoms. The van der Waals surface area contributed by atoms with E-state index in [0.29, 0.717) is 18.9 Å². The maximum Gasteiger partial charge on any atom is 0.303 e. The topological polar surface area (TPSA) is 75.1 Å². The average Bonchev–Trinajstić information content (AvgIpc) is 3.08. The number of hydrogen-bond acceptors (Lipinski definition) is 4. The SMILES string of the molecule is O=C(O)CCCNc1cc(C2CC2)ncn1. The molecule has 1 aromatic heterocycles. The van der Waals surface area contributed by atoms with Gasteiger partial charge in [-0.3, -0.25) is 4.79 Å². The number of carboxylic acid groups (broad SMARTS) is 1. The first kappa shape index (κ1) is 10.9. The van der Waals surface area contributed by atoms with Gasteiger partial charge in [0.05, 0.1) is 0 Å². The lowest BCUT2D eigenvalue weighted by molar-refractivity contribution is -0.137. The molecule has 86 valence electrons. The molecule has 16 heavy (non-hydrogen) atoms. The lowest BCUT2D eigenvalue weighted by Gasteiger charge is -2.05. The molecule has 0 radical (unpaired) electrons. The quantitative estimate of drug-likeness (QED) is 0.714.